The molecule has 0 saturated heterocycles. The summed E-state index contributed by atoms with van der Waals surface area (Å²) in [5.74, 6) is 4.32. The van der Waals surface area contributed by atoms with Gasteiger partial charge in [-0.05, 0) is 112 Å². The summed E-state index contributed by atoms with van der Waals surface area (Å²) in [5.41, 5.74) is 1.93. The van der Waals surface area contributed by atoms with Crippen LogP contribution in [0.2, 0.25) is 0 Å². The minimum absolute atomic E-state index is 0.323. The maximum atomic E-state index is 11.5. The lowest BCUT2D eigenvalue weighted by Gasteiger charge is -2.59. The molecule has 0 amide bonds. The van der Waals surface area contributed by atoms with E-state index in [4.69, 9.17) is 0 Å². The van der Waals surface area contributed by atoms with Gasteiger partial charge < -0.3 is 9.90 Å². The fourth-order valence-electron chi connectivity index (χ4n) is 8.62. The SMILES string of the molecule is CC[C@]1(O)CC[C@@]2(C)C(=CC[C@H]3[C@@H]4CC[C@H]([C@H](C)CCC(C)=O)[C@@]4(C)CC[C@@H]32)C1. The van der Waals surface area contributed by atoms with Gasteiger partial charge in [0.25, 0.3) is 0 Å². The predicted molar refractivity (Wildman–Crippen MR) is 120 cm³/mol. The number of aliphatic hydroxyl groups is 1. The summed E-state index contributed by atoms with van der Waals surface area (Å²) in [4.78, 5) is 11.5. The number of carbonyl (C=O) groups is 1. The Morgan fingerprint density at radius 1 is 1.17 bits per heavy atom. The van der Waals surface area contributed by atoms with Crippen LogP contribution in [-0.4, -0.2) is 16.5 Å². The second-order valence-electron chi connectivity index (χ2n) is 12.0. The zero-order chi connectivity index (χ0) is 21.0. The predicted octanol–water partition coefficient (Wildman–Crippen LogP) is 6.71. The van der Waals surface area contributed by atoms with Crippen LogP contribution >= 0.6 is 0 Å². The third-order valence-electron chi connectivity index (χ3n) is 10.6. The molecule has 3 fully saturated rings. The van der Waals surface area contributed by atoms with Gasteiger partial charge in [-0.3, -0.25) is 0 Å². The Labute approximate surface area is 178 Å². The number of hydrogen-bond donors (Lipinski definition) is 1. The van der Waals surface area contributed by atoms with E-state index in [0.29, 0.717) is 22.5 Å². The molecular weight excluding hydrogens is 356 g/mol. The number of carbonyl (C=O) groups excluding carboxylic acids is 1. The number of allylic oxidation sites excluding steroid dienone is 1. The van der Waals surface area contributed by atoms with Gasteiger partial charge in [0, 0.05) is 6.42 Å². The smallest absolute Gasteiger partial charge is 0.129 e. The molecule has 0 bridgehead atoms. The second kappa shape index (κ2) is 7.50. The van der Waals surface area contributed by atoms with Gasteiger partial charge in [-0.2, -0.15) is 0 Å². The highest BCUT2D eigenvalue weighted by Gasteiger charge is 2.59. The van der Waals surface area contributed by atoms with Gasteiger partial charge in [0.05, 0.1) is 5.60 Å². The summed E-state index contributed by atoms with van der Waals surface area (Å²) in [6.07, 6.45) is 15.1. The first-order valence-electron chi connectivity index (χ1n) is 12.5. The Bertz CT molecular complexity index is 680. The first kappa shape index (κ1) is 21.6. The largest absolute Gasteiger partial charge is 0.390 e. The van der Waals surface area contributed by atoms with Crippen molar-refractivity contribution in [2.24, 2.45) is 40.4 Å². The van der Waals surface area contributed by atoms with Crippen molar-refractivity contribution in [1.82, 2.24) is 0 Å². The standard InChI is InChI=1S/C27H44O2/c1-6-27(29)16-15-25(4)20(17-27)9-10-21-23-12-11-22(18(2)7-8-19(3)28)26(23,5)14-13-24(21)25/h9,18,21-24,29H,6-8,10-17H2,1-5H3/t18-,21+,22-,23+,24+,25+,26-,27+/m1/s1. The number of ketones is 1. The number of Topliss-reactive ketones (excluding diaryl/α,β-unsaturated/α-hetero) is 1. The molecule has 0 unspecified atom stereocenters. The number of rotatable bonds is 5. The Morgan fingerprint density at radius 2 is 1.93 bits per heavy atom. The maximum absolute atomic E-state index is 11.5. The van der Waals surface area contributed by atoms with E-state index in [1.165, 1.54) is 38.5 Å². The summed E-state index contributed by atoms with van der Waals surface area (Å²) < 4.78 is 0. The zero-order valence-electron chi connectivity index (χ0n) is 19.6. The Hall–Kier alpha value is -0.630. The lowest BCUT2D eigenvalue weighted by Crippen LogP contribution is -2.52. The van der Waals surface area contributed by atoms with Crippen molar-refractivity contribution < 1.29 is 9.90 Å². The van der Waals surface area contributed by atoms with Crippen molar-refractivity contribution in [1.29, 1.82) is 0 Å². The monoisotopic (exact) mass is 400 g/mol. The van der Waals surface area contributed by atoms with Gasteiger partial charge in [-0.1, -0.05) is 39.3 Å². The lowest BCUT2D eigenvalue weighted by molar-refractivity contribution is -0.117. The summed E-state index contributed by atoms with van der Waals surface area (Å²) in [5, 5.41) is 10.9. The first-order chi connectivity index (χ1) is 13.6. The van der Waals surface area contributed by atoms with Crippen molar-refractivity contribution in [2.75, 3.05) is 0 Å². The van der Waals surface area contributed by atoms with Crippen LogP contribution < -0.4 is 0 Å². The highest BCUT2D eigenvalue weighted by atomic mass is 16.3. The van der Waals surface area contributed by atoms with Gasteiger partial charge >= 0.3 is 0 Å². The second-order valence-corrected chi connectivity index (χ2v) is 12.0. The molecule has 0 spiro atoms. The van der Waals surface area contributed by atoms with Crippen LogP contribution in [0.25, 0.3) is 0 Å². The molecule has 2 nitrogen and oxygen atoms in total. The summed E-state index contributed by atoms with van der Waals surface area (Å²) in [6.45, 7) is 11.4. The van der Waals surface area contributed by atoms with Crippen molar-refractivity contribution in [3.8, 4) is 0 Å². The molecule has 2 heteroatoms. The first-order valence-corrected chi connectivity index (χ1v) is 12.5. The minimum Gasteiger partial charge on any atom is -0.390 e. The molecule has 4 aliphatic carbocycles. The molecule has 0 radical (unpaired) electrons. The summed E-state index contributed by atoms with van der Waals surface area (Å²) in [7, 11) is 0. The van der Waals surface area contributed by atoms with Crippen LogP contribution in [0.1, 0.15) is 105 Å². The van der Waals surface area contributed by atoms with Gasteiger partial charge in [0.2, 0.25) is 0 Å². The normalized spacial score (nSPS) is 47.6. The van der Waals surface area contributed by atoms with Crippen molar-refractivity contribution in [2.45, 2.75) is 111 Å². The van der Waals surface area contributed by atoms with E-state index in [1.54, 1.807) is 12.5 Å². The molecule has 0 aromatic rings. The zero-order valence-corrected chi connectivity index (χ0v) is 19.6. The Balaban J connectivity index is 1.54. The van der Waals surface area contributed by atoms with Crippen LogP contribution in [-0.2, 0) is 4.79 Å². The summed E-state index contributed by atoms with van der Waals surface area (Å²) >= 11 is 0. The van der Waals surface area contributed by atoms with E-state index in [0.717, 1.165) is 55.8 Å². The van der Waals surface area contributed by atoms with E-state index in [1.807, 2.05) is 0 Å². The maximum Gasteiger partial charge on any atom is 0.129 e. The Morgan fingerprint density at radius 3 is 2.62 bits per heavy atom. The highest BCUT2D eigenvalue weighted by molar-refractivity contribution is 5.75. The number of fused-ring (bicyclic) bond motifs is 5. The van der Waals surface area contributed by atoms with Gasteiger partial charge in [0.1, 0.15) is 5.78 Å². The van der Waals surface area contributed by atoms with Crippen LogP contribution in [0.15, 0.2) is 11.6 Å². The van der Waals surface area contributed by atoms with Crippen LogP contribution in [0, 0.1) is 40.4 Å². The van der Waals surface area contributed by atoms with Crippen LogP contribution in [0.3, 0.4) is 0 Å². The third kappa shape index (κ3) is 3.46. The average Bonchev–Trinajstić information content (AvgIpc) is 3.04. The van der Waals surface area contributed by atoms with E-state index in [-0.39, 0.29) is 0 Å². The lowest BCUT2D eigenvalue weighted by atomic mass is 9.46. The third-order valence-corrected chi connectivity index (χ3v) is 10.6. The molecule has 0 aliphatic heterocycles. The van der Waals surface area contributed by atoms with Gasteiger partial charge in [-0.15, -0.1) is 0 Å². The molecule has 0 heterocycles. The molecule has 4 aliphatic rings. The fraction of sp³-hybridized carbons (Fsp3) is 0.889. The van der Waals surface area contributed by atoms with Crippen LogP contribution in [0.5, 0.6) is 0 Å². The van der Waals surface area contributed by atoms with E-state index in [2.05, 4.69) is 33.8 Å². The minimum atomic E-state index is -0.452. The molecule has 1 N–H and O–H groups in total. The van der Waals surface area contributed by atoms with Crippen LogP contribution in [0.4, 0.5) is 0 Å². The molecule has 4 rings (SSSR count). The van der Waals surface area contributed by atoms with Crippen molar-refractivity contribution >= 4 is 5.78 Å². The molecule has 3 saturated carbocycles. The number of hydrogen-bond acceptors (Lipinski definition) is 2. The molecule has 0 aromatic heterocycles. The van der Waals surface area contributed by atoms with E-state index >= 15 is 0 Å². The molecule has 164 valence electrons. The molecule has 29 heavy (non-hydrogen) atoms. The van der Waals surface area contributed by atoms with Crippen molar-refractivity contribution in [3.05, 3.63) is 11.6 Å². The Kier molecular flexibility index (Phi) is 5.59. The van der Waals surface area contributed by atoms with Gasteiger partial charge in [-0.25, -0.2) is 0 Å². The molecular formula is C27H44O2. The summed E-state index contributed by atoms with van der Waals surface area (Å²) in [6, 6.07) is 0. The molecule has 0 aromatic carbocycles. The van der Waals surface area contributed by atoms with E-state index < -0.39 is 5.60 Å². The van der Waals surface area contributed by atoms with E-state index in [9.17, 15) is 9.90 Å². The topological polar surface area (TPSA) is 37.3 Å². The van der Waals surface area contributed by atoms with Gasteiger partial charge in [0.15, 0.2) is 0 Å². The quantitative estimate of drug-likeness (QED) is 0.521. The fourth-order valence-corrected chi connectivity index (χ4v) is 8.62. The van der Waals surface area contributed by atoms with Crippen molar-refractivity contribution in [3.63, 3.8) is 0 Å². The molecule has 8 atom stereocenters. The average molecular weight is 401 g/mol. The highest BCUT2D eigenvalue weighted by Crippen LogP contribution is 2.67.